The number of hydrazone groups is 1. The van der Waals surface area contributed by atoms with Gasteiger partial charge in [0, 0.05) is 36.0 Å². The van der Waals surface area contributed by atoms with Gasteiger partial charge in [-0.3, -0.25) is 15.5 Å². The molecule has 1 aliphatic rings. The molecule has 8 nitrogen and oxygen atoms in total. The summed E-state index contributed by atoms with van der Waals surface area (Å²) in [5, 5.41) is 14.9. The van der Waals surface area contributed by atoms with Crippen LogP contribution in [0.4, 0.5) is 17.2 Å². The molecule has 3 rings (SSSR count). The average Bonchev–Trinajstić information content (AvgIpc) is 2.66. The van der Waals surface area contributed by atoms with E-state index in [0.29, 0.717) is 11.6 Å². The Labute approximate surface area is 163 Å². The van der Waals surface area contributed by atoms with Crippen molar-refractivity contribution in [3.63, 3.8) is 0 Å². The van der Waals surface area contributed by atoms with Crippen molar-refractivity contribution in [1.82, 2.24) is 4.98 Å². The van der Waals surface area contributed by atoms with Crippen LogP contribution in [-0.2, 0) is 0 Å². The van der Waals surface area contributed by atoms with Crippen LogP contribution < -0.4 is 15.1 Å². The second-order valence-electron chi connectivity index (χ2n) is 7.18. The van der Waals surface area contributed by atoms with Crippen molar-refractivity contribution in [2.45, 2.75) is 26.3 Å². The Morgan fingerprint density at radius 2 is 2.11 bits per heavy atom. The molecular formula is C20H23N5O3. The van der Waals surface area contributed by atoms with E-state index < -0.39 is 4.92 Å². The van der Waals surface area contributed by atoms with Gasteiger partial charge < -0.3 is 9.64 Å². The second kappa shape index (κ2) is 7.30. The van der Waals surface area contributed by atoms with Gasteiger partial charge in [0.15, 0.2) is 0 Å². The number of nitrogens with zero attached hydrogens (tertiary/aromatic N) is 4. The fourth-order valence-corrected chi connectivity index (χ4v) is 3.20. The lowest BCUT2D eigenvalue weighted by Crippen LogP contribution is -2.42. The molecule has 0 saturated heterocycles. The molecule has 0 bridgehead atoms. The molecule has 0 atom stereocenters. The van der Waals surface area contributed by atoms with Crippen LogP contribution in [-0.4, -0.2) is 35.8 Å². The zero-order chi connectivity index (χ0) is 20.5. The number of pyridine rings is 1. The van der Waals surface area contributed by atoms with Gasteiger partial charge in [-0.05, 0) is 38.5 Å². The third-order valence-corrected chi connectivity index (χ3v) is 4.91. The van der Waals surface area contributed by atoms with Crippen molar-refractivity contribution >= 4 is 29.0 Å². The molecule has 1 aromatic carbocycles. The monoisotopic (exact) mass is 381 g/mol. The van der Waals surface area contributed by atoms with E-state index in [1.165, 1.54) is 23.9 Å². The first-order valence-corrected chi connectivity index (χ1v) is 8.78. The molecular weight excluding hydrogens is 358 g/mol. The third kappa shape index (κ3) is 3.66. The summed E-state index contributed by atoms with van der Waals surface area (Å²) in [5.41, 5.74) is 6.86. The molecule has 2 aromatic rings. The van der Waals surface area contributed by atoms with Crippen LogP contribution in [0, 0.1) is 10.1 Å². The molecule has 0 radical (unpaired) electrons. The number of benzene rings is 1. The highest BCUT2D eigenvalue weighted by Crippen LogP contribution is 2.40. The van der Waals surface area contributed by atoms with Gasteiger partial charge in [0.25, 0.3) is 5.69 Å². The Kier molecular flexibility index (Phi) is 5.04. The predicted molar refractivity (Wildman–Crippen MR) is 111 cm³/mol. The molecule has 0 unspecified atom stereocenters. The summed E-state index contributed by atoms with van der Waals surface area (Å²) in [4.78, 5) is 16.4. The molecule has 0 aliphatic carbocycles. The number of hydrogen-bond donors (Lipinski definition) is 1. The lowest BCUT2D eigenvalue weighted by atomic mass is 9.88. The van der Waals surface area contributed by atoms with E-state index in [9.17, 15) is 10.1 Å². The number of ether oxygens (including phenoxy) is 1. The minimum absolute atomic E-state index is 0.0693. The van der Waals surface area contributed by atoms with E-state index in [1.807, 2.05) is 12.1 Å². The molecule has 28 heavy (non-hydrogen) atoms. The van der Waals surface area contributed by atoms with Gasteiger partial charge in [-0.25, -0.2) is 4.98 Å². The smallest absolute Gasteiger partial charge is 0.287 e. The molecule has 146 valence electrons. The largest absolute Gasteiger partial charge is 0.496 e. The summed E-state index contributed by atoms with van der Waals surface area (Å²) in [7, 11) is 3.69. The van der Waals surface area contributed by atoms with Gasteiger partial charge in [0.2, 0.25) is 0 Å². The molecule has 1 aliphatic heterocycles. The number of methoxy groups -OCH3 is 1. The summed E-state index contributed by atoms with van der Waals surface area (Å²) in [5.74, 6) is 1.12. The van der Waals surface area contributed by atoms with Crippen LogP contribution in [0.5, 0.6) is 5.75 Å². The minimum atomic E-state index is -0.494. The summed E-state index contributed by atoms with van der Waals surface area (Å²) in [6.45, 7) is 6.44. The van der Waals surface area contributed by atoms with E-state index in [1.54, 1.807) is 13.3 Å². The maximum atomic E-state index is 10.7. The lowest BCUT2D eigenvalue weighted by Gasteiger charge is -2.40. The van der Waals surface area contributed by atoms with E-state index in [0.717, 1.165) is 16.8 Å². The molecule has 0 amide bonds. The first-order chi connectivity index (χ1) is 13.2. The average molecular weight is 381 g/mol. The fourth-order valence-electron chi connectivity index (χ4n) is 3.20. The fraction of sp³-hybridized carbons (Fsp3) is 0.300. The number of rotatable bonds is 5. The van der Waals surface area contributed by atoms with Gasteiger partial charge in [0.1, 0.15) is 17.8 Å². The number of nitro groups is 1. The topological polar surface area (TPSA) is 92.9 Å². The number of likely N-dealkylation sites (N-methyl/N-ethyl adjacent to an activating group) is 1. The normalized spacial score (nSPS) is 15.2. The summed E-state index contributed by atoms with van der Waals surface area (Å²) in [6, 6.07) is 6.93. The van der Waals surface area contributed by atoms with Gasteiger partial charge in [0.05, 0.1) is 23.8 Å². The van der Waals surface area contributed by atoms with E-state index in [2.05, 4.69) is 54.3 Å². The molecule has 0 saturated carbocycles. The number of allylic oxidation sites excluding steroid dienone is 1. The Morgan fingerprint density at radius 1 is 1.36 bits per heavy atom. The van der Waals surface area contributed by atoms with Crippen molar-refractivity contribution in [3.05, 3.63) is 57.8 Å². The van der Waals surface area contributed by atoms with Gasteiger partial charge in [-0.1, -0.05) is 6.08 Å². The van der Waals surface area contributed by atoms with Crippen LogP contribution in [0.25, 0.3) is 5.57 Å². The molecule has 0 spiro atoms. The Balaban J connectivity index is 1.87. The zero-order valence-corrected chi connectivity index (χ0v) is 16.6. The number of aromatic nitrogens is 1. The third-order valence-electron chi connectivity index (χ3n) is 4.91. The minimum Gasteiger partial charge on any atom is -0.496 e. The lowest BCUT2D eigenvalue weighted by molar-refractivity contribution is -0.385. The summed E-state index contributed by atoms with van der Waals surface area (Å²) >= 11 is 0. The predicted octanol–water partition coefficient (Wildman–Crippen LogP) is 4.08. The number of fused-ring (bicyclic) bond motifs is 1. The van der Waals surface area contributed by atoms with Crippen LogP contribution in [0.2, 0.25) is 0 Å². The van der Waals surface area contributed by atoms with E-state index in [4.69, 9.17) is 4.74 Å². The highest BCUT2D eigenvalue weighted by molar-refractivity contribution is 5.91. The Hall–Kier alpha value is -3.42. The summed E-state index contributed by atoms with van der Waals surface area (Å²) in [6.07, 6.45) is 5.07. The quantitative estimate of drug-likeness (QED) is 0.477. The zero-order valence-electron chi connectivity index (χ0n) is 16.6. The van der Waals surface area contributed by atoms with Crippen molar-refractivity contribution in [1.29, 1.82) is 0 Å². The van der Waals surface area contributed by atoms with Gasteiger partial charge >= 0.3 is 0 Å². The van der Waals surface area contributed by atoms with Crippen LogP contribution in [0.1, 0.15) is 31.9 Å². The number of nitrogens with one attached hydrogen (secondary N) is 1. The molecule has 2 heterocycles. The molecule has 0 fully saturated rings. The van der Waals surface area contributed by atoms with Gasteiger partial charge in [-0.2, -0.15) is 5.10 Å². The molecule has 8 heteroatoms. The van der Waals surface area contributed by atoms with Crippen LogP contribution in [0.15, 0.2) is 41.6 Å². The first-order valence-electron chi connectivity index (χ1n) is 8.78. The molecule has 1 aromatic heterocycles. The van der Waals surface area contributed by atoms with E-state index >= 15 is 0 Å². The second-order valence-corrected chi connectivity index (χ2v) is 7.18. The summed E-state index contributed by atoms with van der Waals surface area (Å²) < 4.78 is 5.55. The molecule has 1 N–H and O–H groups in total. The highest BCUT2D eigenvalue weighted by atomic mass is 16.6. The van der Waals surface area contributed by atoms with Crippen molar-refractivity contribution < 1.29 is 9.66 Å². The highest BCUT2D eigenvalue weighted by Gasteiger charge is 2.29. The first kappa shape index (κ1) is 19.3. The Bertz CT molecular complexity index is 965. The van der Waals surface area contributed by atoms with Crippen molar-refractivity contribution in [2.24, 2.45) is 5.10 Å². The van der Waals surface area contributed by atoms with Crippen molar-refractivity contribution in [3.8, 4) is 5.75 Å². The van der Waals surface area contributed by atoms with Crippen LogP contribution >= 0.6 is 0 Å². The maximum absolute atomic E-state index is 10.7. The maximum Gasteiger partial charge on any atom is 0.287 e. The van der Waals surface area contributed by atoms with Crippen LogP contribution in [0.3, 0.4) is 0 Å². The number of anilines is 2. The SMILES string of the molecule is COc1cc2c(cc1/C=N\Nc1ccc([N+](=O)[O-])cn1)C(C)=CC(C)(C)N2C. The Morgan fingerprint density at radius 3 is 2.71 bits per heavy atom. The number of hydrogen-bond acceptors (Lipinski definition) is 7. The van der Waals surface area contributed by atoms with Gasteiger partial charge in [-0.15, -0.1) is 0 Å². The van der Waals surface area contributed by atoms with Crippen molar-refractivity contribution in [2.75, 3.05) is 24.5 Å². The van der Waals surface area contributed by atoms with E-state index in [-0.39, 0.29) is 11.2 Å². The standard InChI is InChI=1S/C20H23N5O3/c1-13-10-20(2,3)24(4)17-9-18(28-5)14(8-16(13)17)11-22-23-19-7-6-15(12-21-19)25(26)27/h6-12H,1-5H3,(H,21,23)/b22-11-.